The van der Waals surface area contributed by atoms with E-state index in [1.807, 2.05) is 0 Å². The van der Waals surface area contributed by atoms with E-state index >= 15 is 0 Å². The van der Waals surface area contributed by atoms with Gasteiger partial charge in [-0.2, -0.15) is 0 Å². The van der Waals surface area contributed by atoms with Crippen LogP contribution in [0.25, 0.3) is 0 Å². The zero-order valence-electron chi connectivity index (χ0n) is 18.6. The van der Waals surface area contributed by atoms with E-state index in [1.165, 1.54) is 89.9 Å². The van der Waals surface area contributed by atoms with E-state index in [1.54, 1.807) is 0 Å². The molecule has 0 unspecified atom stereocenters. The first-order chi connectivity index (χ1) is 12.6. The SMILES string of the molecule is CCCCCCCCC=CCCCCCCCCN=C(N(C)C)N(C)C. The predicted octanol–water partition coefficient (Wildman–Crippen LogP) is 6.50. The summed E-state index contributed by atoms with van der Waals surface area (Å²) >= 11 is 0. The van der Waals surface area contributed by atoms with Gasteiger partial charge in [-0.05, 0) is 32.1 Å². The lowest BCUT2D eigenvalue weighted by atomic mass is 10.1. The number of rotatable bonds is 16. The van der Waals surface area contributed by atoms with Crippen molar-refractivity contribution < 1.29 is 0 Å². The van der Waals surface area contributed by atoms with Crippen molar-refractivity contribution in [2.24, 2.45) is 4.99 Å². The summed E-state index contributed by atoms with van der Waals surface area (Å²) in [6.07, 6.45) is 23.8. The average Bonchev–Trinajstić information content (AvgIpc) is 2.60. The van der Waals surface area contributed by atoms with Crippen molar-refractivity contribution in [2.45, 2.75) is 96.8 Å². The molecule has 0 bridgehead atoms. The molecule has 0 spiro atoms. The van der Waals surface area contributed by atoms with Crippen molar-refractivity contribution >= 4 is 5.96 Å². The van der Waals surface area contributed by atoms with E-state index in [9.17, 15) is 0 Å². The van der Waals surface area contributed by atoms with E-state index < -0.39 is 0 Å². The van der Waals surface area contributed by atoms with E-state index in [0.717, 1.165) is 12.5 Å². The Morgan fingerprint density at radius 2 is 1.04 bits per heavy atom. The van der Waals surface area contributed by atoms with Gasteiger partial charge in [-0.25, -0.2) is 0 Å². The van der Waals surface area contributed by atoms with E-state index in [0.29, 0.717) is 0 Å². The summed E-state index contributed by atoms with van der Waals surface area (Å²) in [5.41, 5.74) is 0. The van der Waals surface area contributed by atoms with Crippen molar-refractivity contribution in [3.05, 3.63) is 12.2 Å². The van der Waals surface area contributed by atoms with Crippen molar-refractivity contribution in [1.82, 2.24) is 9.80 Å². The molecule has 0 aromatic rings. The molecule has 0 aliphatic rings. The van der Waals surface area contributed by atoms with Gasteiger partial charge in [0.15, 0.2) is 5.96 Å². The highest BCUT2D eigenvalue weighted by Gasteiger charge is 2.02. The summed E-state index contributed by atoms with van der Waals surface area (Å²) in [4.78, 5) is 8.85. The lowest BCUT2D eigenvalue weighted by Gasteiger charge is -2.22. The Hall–Kier alpha value is -0.990. The van der Waals surface area contributed by atoms with Crippen LogP contribution in [-0.4, -0.2) is 50.5 Å². The van der Waals surface area contributed by atoms with Gasteiger partial charge >= 0.3 is 0 Å². The molecule has 0 aliphatic heterocycles. The zero-order valence-corrected chi connectivity index (χ0v) is 18.6. The Balaban J connectivity index is 3.36. The fourth-order valence-electron chi connectivity index (χ4n) is 3.22. The number of hydrogen-bond acceptors (Lipinski definition) is 1. The standard InChI is InChI=1S/C23H47N3/c1-6-7-8-9-10-11-12-13-14-15-16-17-18-19-20-21-22-24-23(25(2)3)26(4)5/h13-14H,6-12,15-22H2,1-5H3. The van der Waals surface area contributed by atoms with Crippen LogP contribution in [0.4, 0.5) is 0 Å². The molecule has 3 nitrogen and oxygen atoms in total. The summed E-state index contributed by atoms with van der Waals surface area (Å²) in [7, 11) is 8.23. The third kappa shape index (κ3) is 16.5. The minimum atomic E-state index is 0.951. The lowest BCUT2D eigenvalue weighted by molar-refractivity contribution is 0.477. The first-order valence-corrected chi connectivity index (χ1v) is 11.1. The second-order valence-corrected chi connectivity index (χ2v) is 7.91. The fourth-order valence-corrected chi connectivity index (χ4v) is 3.22. The molecule has 0 saturated heterocycles. The molecule has 0 aromatic heterocycles. The molecule has 3 heteroatoms. The number of allylic oxidation sites excluding steroid dienone is 2. The Bertz CT molecular complexity index is 335. The zero-order chi connectivity index (χ0) is 19.5. The minimum Gasteiger partial charge on any atom is -0.349 e. The number of unbranched alkanes of at least 4 members (excludes halogenated alkanes) is 12. The van der Waals surface area contributed by atoms with E-state index in [-0.39, 0.29) is 0 Å². The first kappa shape index (κ1) is 25.0. The maximum atomic E-state index is 4.69. The summed E-state index contributed by atoms with van der Waals surface area (Å²) in [5.74, 6) is 1.07. The molecule has 0 aliphatic carbocycles. The van der Waals surface area contributed by atoms with E-state index in [4.69, 9.17) is 0 Å². The van der Waals surface area contributed by atoms with Gasteiger partial charge in [-0.3, -0.25) is 4.99 Å². The van der Waals surface area contributed by atoms with Gasteiger partial charge in [-0.1, -0.05) is 76.9 Å². The largest absolute Gasteiger partial charge is 0.349 e. The van der Waals surface area contributed by atoms with Gasteiger partial charge in [0.2, 0.25) is 0 Å². The highest BCUT2D eigenvalue weighted by atomic mass is 15.3. The van der Waals surface area contributed by atoms with Crippen LogP contribution in [-0.2, 0) is 0 Å². The van der Waals surface area contributed by atoms with Gasteiger partial charge in [0.25, 0.3) is 0 Å². The number of aliphatic imine (C=N–C) groups is 1. The van der Waals surface area contributed by atoms with Gasteiger partial charge < -0.3 is 9.80 Å². The predicted molar refractivity (Wildman–Crippen MR) is 119 cm³/mol. The van der Waals surface area contributed by atoms with Crippen LogP contribution >= 0.6 is 0 Å². The van der Waals surface area contributed by atoms with Crippen molar-refractivity contribution in [3.8, 4) is 0 Å². The molecule has 0 heterocycles. The topological polar surface area (TPSA) is 18.8 Å². The Morgan fingerprint density at radius 1 is 0.615 bits per heavy atom. The Morgan fingerprint density at radius 3 is 1.50 bits per heavy atom. The number of guanidine groups is 1. The average molecular weight is 366 g/mol. The summed E-state index contributed by atoms with van der Waals surface area (Å²) in [6.45, 7) is 3.23. The molecule has 0 aromatic carbocycles. The molecule has 0 fully saturated rings. The van der Waals surface area contributed by atoms with Crippen LogP contribution in [0.3, 0.4) is 0 Å². The molecule has 0 N–H and O–H groups in total. The quantitative estimate of drug-likeness (QED) is 0.134. The summed E-state index contributed by atoms with van der Waals surface area (Å²) < 4.78 is 0. The highest BCUT2D eigenvalue weighted by molar-refractivity contribution is 5.79. The maximum Gasteiger partial charge on any atom is 0.195 e. The molecule has 26 heavy (non-hydrogen) atoms. The van der Waals surface area contributed by atoms with Crippen molar-refractivity contribution in [3.63, 3.8) is 0 Å². The summed E-state index contributed by atoms with van der Waals surface area (Å²) in [6, 6.07) is 0. The van der Waals surface area contributed by atoms with Crippen LogP contribution in [0.1, 0.15) is 96.8 Å². The van der Waals surface area contributed by atoms with Crippen LogP contribution in [0.5, 0.6) is 0 Å². The Kier molecular flexibility index (Phi) is 18.1. The van der Waals surface area contributed by atoms with Gasteiger partial charge in [0.05, 0.1) is 0 Å². The van der Waals surface area contributed by atoms with Crippen LogP contribution in [0.15, 0.2) is 17.1 Å². The normalized spacial score (nSPS) is 11.1. The van der Waals surface area contributed by atoms with Crippen LogP contribution in [0.2, 0.25) is 0 Å². The van der Waals surface area contributed by atoms with Crippen molar-refractivity contribution in [1.29, 1.82) is 0 Å². The molecule has 0 rings (SSSR count). The smallest absolute Gasteiger partial charge is 0.195 e. The minimum absolute atomic E-state index is 0.951. The third-order valence-corrected chi connectivity index (χ3v) is 4.72. The number of hydrogen-bond donors (Lipinski definition) is 0. The van der Waals surface area contributed by atoms with Gasteiger partial charge in [0, 0.05) is 34.7 Å². The second-order valence-electron chi connectivity index (χ2n) is 7.91. The molecular formula is C23H47N3. The Labute approximate surface area is 164 Å². The summed E-state index contributed by atoms with van der Waals surface area (Å²) in [5, 5.41) is 0. The molecule has 0 radical (unpaired) electrons. The third-order valence-electron chi connectivity index (χ3n) is 4.72. The maximum absolute atomic E-state index is 4.69. The monoisotopic (exact) mass is 365 g/mol. The first-order valence-electron chi connectivity index (χ1n) is 11.1. The fraction of sp³-hybridized carbons (Fsp3) is 0.870. The molecule has 154 valence electrons. The van der Waals surface area contributed by atoms with E-state index in [2.05, 4.69) is 62.1 Å². The second kappa shape index (κ2) is 18.8. The number of nitrogens with zero attached hydrogens (tertiary/aromatic N) is 3. The molecule has 0 saturated carbocycles. The molecule has 0 atom stereocenters. The molecular weight excluding hydrogens is 318 g/mol. The van der Waals surface area contributed by atoms with Crippen LogP contribution < -0.4 is 0 Å². The highest BCUT2D eigenvalue weighted by Crippen LogP contribution is 2.10. The molecule has 0 amide bonds. The van der Waals surface area contributed by atoms with Crippen LogP contribution in [0, 0.1) is 0 Å². The van der Waals surface area contributed by atoms with Gasteiger partial charge in [0.1, 0.15) is 0 Å². The van der Waals surface area contributed by atoms with Crippen molar-refractivity contribution in [2.75, 3.05) is 34.7 Å². The lowest BCUT2D eigenvalue weighted by Crippen LogP contribution is -2.35. The van der Waals surface area contributed by atoms with Gasteiger partial charge in [-0.15, -0.1) is 0 Å².